The first kappa shape index (κ1) is 14.5. The van der Waals surface area contributed by atoms with Crippen LogP contribution in [0, 0.1) is 0 Å². The second-order valence-electron chi connectivity index (χ2n) is 4.42. The minimum absolute atomic E-state index is 0.135. The number of fused-ring (bicyclic) bond motifs is 1. The first-order chi connectivity index (χ1) is 9.97. The summed E-state index contributed by atoms with van der Waals surface area (Å²) in [7, 11) is 0. The van der Waals surface area contributed by atoms with E-state index in [4.69, 9.17) is 10.2 Å². The molecule has 0 aliphatic carbocycles. The summed E-state index contributed by atoms with van der Waals surface area (Å²) in [4.78, 5) is 37.4. The summed E-state index contributed by atoms with van der Waals surface area (Å²) < 4.78 is 1.56. The highest BCUT2D eigenvalue weighted by molar-refractivity contribution is 5.87. The van der Waals surface area contributed by atoms with E-state index in [1.807, 2.05) is 6.07 Å². The third kappa shape index (κ3) is 3.56. The topological polar surface area (TPSA) is 122 Å². The third-order valence-electron chi connectivity index (χ3n) is 2.85. The molecule has 1 amide bonds. The smallest absolute Gasteiger partial charge is 0.326 e. The van der Waals surface area contributed by atoms with E-state index in [9.17, 15) is 14.4 Å². The van der Waals surface area contributed by atoms with Gasteiger partial charge < -0.3 is 20.1 Å². The minimum Gasteiger partial charge on any atom is -0.481 e. The Morgan fingerprint density at radius 3 is 2.62 bits per heavy atom. The van der Waals surface area contributed by atoms with Gasteiger partial charge in [0, 0.05) is 0 Å². The Morgan fingerprint density at radius 2 is 1.95 bits per heavy atom. The second kappa shape index (κ2) is 6.04. The number of aliphatic carboxylic acids is 2. The number of benzene rings is 1. The number of aromatic nitrogens is 2. The van der Waals surface area contributed by atoms with Gasteiger partial charge in [0.05, 0.1) is 23.8 Å². The lowest BCUT2D eigenvalue weighted by atomic mass is 10.2. The molecule has 0 saturated heterocycles. The molecule has 1 atom stereocenters. The standard InChI is InChI=1S/C13H13N3O5/c17-11(15-9(13(20)21)5-12(18)19)6-16-7-14-8-3-1-2-4-10(8)16/h1-4,7,9H,5-6H2,(H,15,17)(H,18,19)(H,20,21)/t9-/m1/s1. The van der Waals surface area contributed by atoms with Crippen LogP contribution >= 0.6 is 0 Å². The molecular weight excluding hydrogens is 278 g/mol. The molecule has 0 saturated carbocycles. The van der Waals surface area contributed by atoms with Gasteiger partial charge in [0.2, 0.25) is 5.91 Å². The molecule has 1 aromatic heterocycles. The van der Waals surface area contributed by atoms with E-state index in [1.54, 1.807) is 22.8 Å². The zero-order valence-electron chi connectivity index (χ0n) is 10.9. The molecule has 0 aliphatic rings. The molecule has 8 heteroatoms. The van der Waals surface area contributed by atoms with E-state index >= 15 is 0 Å². The summed E-state index contributed by atoms with van der Waals surface area (Å²) in [6, 6.07) is 5.72. The Kier molecular flexibility index (Phi) is 4.17. The molecule has 3 N–H and O–H groups in total. The highest BCUT2D eigenvalue weighted by Gasteiger charge is 2.23. The molecule has 1 heterocycles. The van der Waals surface area contributed by atoms with Crippen LogP contribution in [0.3, 0.4) is 0 Å². The van der Waals surface area contributed by atoms with Gasteiger partial charge >= 0.3 is 11.9 Å². The van der Waals surface area contributed by atoms with Crippen LogP contribution in [-0.4, -0.2) is 43.7 Å². The Labute approximate surface area is 119 Å². The maximum atomic E-state index is 11.8. The summed E-state index contributed by atoms with van der Waals surface area (Å²) in [5.74, 6) is -3.27. The predicted octanol–water partition coefficient (Wildman–Crippen LogP) is 0.0804. The zero-order valence-corrected chi connectivity index (χ0v) is 10.9. The van der Waals surface area contributed by atoms with Gasteiger partial charge in [0.15, 0.2) is 0 Å². The van der Waals surface area contributed by atoms with Crippen LogP contribution in [0.25, 0.3) is 11.0 Å². The van der Waals surface area contributed by atoms with Gasteiger partial charge in [0.1, 0.15) is 12.6 Å². The van der Waals surface area contributed by atoms with Crippen molar-refractivity contribution in [2.24, 2.45) is 0 Å². The van der Waals surface area contributed by atoms with Crippen molar-refractivity contribution in [3.05, 3.63) is 30.6 Å². The van der Waals surface area contributed by atoms with Gasteiger partial charge in [-0.1, -0.05) is 12.1 Å². The van der Waals surface area contributed by atoms with Crippen LogP contribution in [0.4, 0.5) is 0 Å². The number of nitrogens with zero attached hydrogens (tertiary/aromatic N) is 2. The average Bonchev–Trinajstić information content (AvgIpc) is 2.81. The maximum Gasteiger partial charge on any atom is 0.326 e. The molecule has 1 aromatic carbocycles. The van der Waals surface area contributed by atoms with Gasteiger partial charge in [-0.05, 0) is 12.1 Å². The maximum absolute atomic E-state index is 11.8. The van der Waals surface area contributed by atoms with Crippen molar-refractivity contribution >= 4 is 28.9 Å². The van der Waals surface area contributed by atoms with E-state index in [0.717, 1.165) is 5.52 Å². The van der Waals surface area contributed by atoms with Crippen LogP contribution < -0.4 is 5.32 Å². The fourth-order valence-electron chi connectivity index (χ4n) is 1.91. The molecule has 110 valence electrons. The van der Waals surface area contributed by atoms with E-state index in [-0.39, 0.29) is 6.54 Å². The van der Waals surface area contributed by atoms with Crippen molar-refractivity contribution in [2.75, 3.05) is 0 Å². The molecule has 0 spiro atoms. The number of carboxylic acids is 2. The van der Waals surface area contributed by atoms with Crippen molar-refractivity contribution < 1.29 is 24.6 Å². The van der Waals surface area contributed by atoms with E-state index in [0.29, 0.717) is 5.52 Å². The van der Waals surface area contributed by atoms with E-state index < -0.39 is 30.3 Å². The molecule has 8 nitrogen and oxygen atoms in total. The molecule has 0 aliphatic heterocycles. The second-order valence-corrected chi connectivity index (χ2v) is 4.42. The van der Waals surface area contributed by atoms with E-state index in [2.05, 4.69) is 10.3 Å². The number of rotatable bonds is 6. The Morgan fingerprint density at radius 1 is 1.24 bits per heavy atom. The van der Waals surface area contributed by atoms with Gasteiger partial charge in [-0.3, -0.25) is 9.59 Å². The van der Waals surface area contributed by atoms with Crippen LogP contribution in [0.2, 0.25) is 0 Å². The van der Waals surface area contributed by atoms with Crippen LogP contribution in [0.1, 0.15) is 6.42 Å². The molecule has 21 heavy (non-hydrogen) atoms. The third-order valence-corrected chi connectivity index (χ3v) is 2.85. The van der Waals surface area contributed by atoms with Crippen molar-refractivity contribution in [3.8, 4) is 0 Å². The molecule has 0 radical (unpaired) electrons. The number of hydrogen-bond donors (Lipinski definition) is 3. The lowest BCUT2D eigenvalue weighted by molar-refractivity contribution is -0.147. The summed E-state index contributed by atoms with van der Waals surface area (Å²) in [5, 5.41) is 19.7. The fourth-order valence-corrected chi connectivity index (χ4v) is 1.91. The summed E-state index contributed by atoms with van der Waals surface area (Å²) in [6.07, 6.45) is 0.795. The highest BCUT2D eigenvalue weighted by atomic mass is 16.4. The fraction of sp³-hybridized carbons (Fsp3) is 0.231. The molecule has 0 fully saturated rings. The number of hydrogen-bond acceptors (Lipinski definition) is 4. The highest BCUT2D eigenvalue weighted by Crippen LogP contribution is 2.11. The number of para-hydroxylation sites is 2. The van der Waals surface area contributed by atoms with Gasteiger partial charge in [-0.15, -0.1) is 0 Å². The van der Waals surface area contributed by atoms with E-state index in [1.165, 1.54) is 6.33 Å². The summed E-state index contributed by atoms with van der Waals surface area (Å²) >= 11 is 0. The Hall–Kier alpha value is -2.90. The van der Waals surface area contributed by atoms with Crippen LogP contribution in [0.15, 0.2) is 30.6 Å². The number of nitrogens with one attached hydrogen (secondary N) is 1. The quantitative estimate of drug-likeness (QED) is 0.693. The van der Waals surface area contributed by atoms with Crippen molar-refractivity contribution in [2.45, 2.75) is 19.0 Å². The summed E-state index contributed by atoms with van der Waals surface area (Å²) in [6.45, 7) is -0.135. The lowest BCUT2D eigenvalue weighted by Crippen LogP contribution is -2.43. The van der Waals surface area contributed by atoms with Gasteiger partial charge in [0.25, 0.3) is 0 Å². The van der Waals surface area contributed by atoms with Crippen LogP contribution in [-0.2, 0) is 20.9 Å². The molecule has 0 unspecified atom stereocenters. The number of carbonyl (C=O) groups is 3. The molecule has 0 bridgehead atoms. The minimum atomic E-state index is -1.45. The first-order valence-electron chi connectivity index (χ1n) is 6.11. The normalized spacial score (nSPS) is 12.0. The van der Waals surface area contributed by atoms with Crippen molar-refractivity contribution in [3.63, 3.8) is 0 Å². The monoisotopic (exact) mass is 291 g/mol. The summed E-state index contributed by atoms with van der Waals surface area (Å²) in [5.41, 5.74) is 1.45. The molecular formula is C13H13N3O5. The number of amides is 1. The van der Waals surface area contributed by atoms with Gasteiger partial charge in [-0.2, -0.15) is 0 Å². The number of carboxylic acid groups (broad SMARTS) is 2. The van der Waals surface area contributed by atoms with Crippen molar-refractivity contribution in [1.29, 1.82) is 0 Å². The Bertz CT molecular complexity index is 694. The predicted molar refractivity (Wildman–Crippen MR) is 71.6 cm³/mol. The SMILES string of the molecule is O=C(O)C[C@@H](NC(=O)Cn1cnc2ccccc21)C(=O)O. The average molecular weight is 291 g/mol. The lowest BCUT2D eigenvalue weighted by Gasteiger charge is -2.12. The number of carbonyl (C=O) groups excluding carboxylic acids is 1. The Balaban J connectivity index is 2.07. The molecule has 2 rings (SSSR count). The zero-order chi connectivity index (χ0) is 15.4. The first-order valence-corrected chi connectivity index (χ1v) is 6.11. The number of imidazole rings is 1. The largest absolute Gasteiger partial charge is 0.481 e. The van der Waals surface area contributed by atoms with Gasteiger partial charge in [-0.25, -0.2) is 9.78 Å². The van der Waals surface area contributed by atoms with Crippen LogP contribution in [0.5, 0.6) is 0 Å². The van der Waals surface area contributed by atoms with Crippen molar-refractivity contribution in [1.82, 2.24) is 14.9 Å². The molecule has 2 aromatic rings.